The Morgan fingerprint density at radius 2 is 1.96 bits per heavy atom. The number of fused-ring (bicyclic) bond motifs is 1. The maximum Gasteiger partial charge on any atom is 0.336 e. The third-order valence-electron chi connectivity index (χ3n) is 4.23. The van der Waals surface area contributed by atoms with Crippen LogP contribution < -0.4 is 10.1 Å². The molecule has 0 fully saturated rings. The summed E-state index contributed by atoms with van der Waals surface area (Å²) in [6, 6.07) is 11.8. The SMILES string of the molecule is CCOC(=O)C1=C(C)Nc2ccnc(OC(C)C)c2C1c1ccccc1. The van der Waals surface area contributed by atoms with Crippen molar-refractivity contribution in [1.82, 2.24) is 4.98 Å². The number of carbonyl (C=O) groups is 1. The maximum absolute atomic E-state index is 12.8. The van der Waals surface area contributed by atoms with Crippen LogP contribution in [0.15, 0.2) is 53.9 Å². The number of aromatic nitrogens is 1. The van der Waals surface area contributed by atoms with Gasteiger partial charge < -0.3 is 14.8 Å². The molecule has 5 nitrogen and oxygen atoms in total. The predicted molar refractivity (Wildman–Crippen MR) is 101 cm³/mol. The first-order chi connectivity index (χ1) is 12.5. The van der Waals surface area contributed by atoms with Crippen molar-refractivity contribution in [2.24, 2.45) is 0 Å². The standard InChI is InChI=1S/C21H24N2O3/c1-5-25-21(24)17-14(4)23-16-11-12-22-20(26-13(2)3)19(16)18(17)15-9-7-6-8-10-15/h6-13,18,23H,5H2,1-4H3. The molecule has 1 unspecified atom stereocenters. The second-order valence-electron chi connectivity index (χ2n) is 6.47. The summed E-state index contributed by atoms with van der Waals surface area (Å²) in [5, 5.41) is 3.32. The van der Waals surface area contributed by atoms with Gasteiger partial charge in [-0.25, -0.2) is 9.78 Å². The molecule has 2 heterocycles. The van der Waals surface area contributed by atoms with Crippen LogP contribution in [-0.2, 0) is 9.53 Å². The Hall–Kier alpha value is -2.82. The van der Waals surface area contributed by atoms with Crippen molar-refractivity contribution < 1.29 is 14.3 Å². The number of carbonyl (C=O) groups excluding carboxylic acids is 1. The molecule has 2 aromatic rings. The molecule has 0 saturated heterocycles. The number of nitrogens with zero attached hydrogens (tertiary/aromatic N) is 1. The van der Waals surface area contributed by atoms with Gasteiger partial charge in [-0.3, -0.25) is 0 Å². The minimum absolute atomic E-state index is 0.0246. The van der Waals surface area contributed by atoms with Gasteiger partial charge in [0, 0.05) is 23.1 Å². The van der Waals surface area contributed by atoms with Crippen molar-refractivity contribution in [3.63, 3.8) is 0 Å². The molecule has 5 heteroatoms. The topological polar surface area (TPSA) is 60.5 Å². The zero-order chi connectivity index (χ0) is 18.7. The van der Waals surface area contributed by atoms with Gasteiger partial charge in [-0.1, -0.05) is 30.3 Å². The quantitative estimate of drug-likeness (QED) is 0.815. The van der Waals surface area contributed by atoms with Gasteiger partial charge in [0.1, 0.15) is 0 Å². The fourth-order valence-corrected chi connectivity index (χ4v) is 3.25. The number of ether oxygens (including phenoxy) is 2. The maximum atomic E-state index is 12.8. The van der Waals surface area contributed by atoms with E-state index in [-0.39, 0.29) is 18.0 Å². The van der Waals surface area contributed by atoms with Crippen LogP contribution in [-0.4, -0.2) is 23.7 Å². The lowest BCUT2D eigenvalue weighted by Crippen LogP contribution is -2.26. The highest BCUT2D eigenvalue weighted by Gasteiger charge is 2.36. The molecule has 26 heavy (non-hydrogen) atoms. The lowest BCUT2D eigenvalue weighted by atomic mass is 9.81. The van der Waals surface area contributed by atoms with E-state index >= 15 is 0 Å². The van der Waals surface area contributed by atoms with Gasteiger partial charge in [-0.15, -0.1) is 0 Å². The van der Waals surface area contributed by atoms with Crippen molar-refractivity contribution in [3.8, 4) is 5.88 Å². The highest BCUT2D eigenvalue weighted by atomic mass is 16.5. The molecule has 1 atom stereocenters. The minimum Gasteiger partial charge on any atom is -0.475 e. The van der Waals surface area contributed by atoms with E-state index in [1.54, 1.807) is 6.20 Å². The third-order valence-corrected chi connectivity index (χ3v) is 4.23. The molecule has 1 aromatic heterocycles. The first-order valence-electron chi connectivity index (χ1n) is 8.88. The van der Waals surface area contributed by atoms with E-state index in [4.69, 9.17) is 9.47 Å². The number of pyridine rings is 1. The van der Waals surface area contributed by atoms with E-state index in [1.165, 1.54) is 0 Å². The van der Waals surface area contributed by atoms with Crippen molar-refractivity contribution in [1.29, 1.82) is 0 Å². The molecule has 0 radical (unpaired) electrons. The van der Waals surface area contributed by atoms with Crippen molar-refractivity contribution in [2.45, 2.75) is 39.7 Å². The number of hydrogen-bond donors (Lipinski definition) is 1. The lowest BCUT2D eigenvalue weighted by Gasteiger charge is -2.31. The molecule has 1 N–H and O–H groups in total. The van der Waals surface area contributed by atoms with Gasteiger partial charge in [0.05, 0.1) is 24.2 Å². The second kappa shape index (κ2) is 7.60. The Labute approximate surface area is 154 Å². The molecule has 3 rings (SSSR count). The number of anilines is 1. The van der Waals surface area contributed by atoms with Crippen LogP contribution in [0.5, 0.6) is 5.88 Å². The monoisotopic (exact) mass is 352 g/mol. The number of rotatable bonds is 5. The van der Waals surface area contributed by atoms with E-state index in [1.807, 2.05) is 64.1 Å². The zero-order valence-corrected chi connectivity index (χ0v) is 15.6. The van der Waals surface area contributed by atoms with Crippen LogP contribution in [0.2, 0.25) is 0 Å². The smallest absolute Gasteiger partial charge is 0.336 e. The van der Waals surface area contributed by atoms with E-state index in [0.29, 0.717) is 18.1 Å². The number of allylic oxidation sites excluding steroid dienone is 1. The van der Waals surface area contributed by atoms with Gasteiger partial charge >= 0.3 is 5.97 Å². The second-order valence-corrected chi connectivity index (χ2v) is 6.47. The van der Waals surface area contributed by atoms with E-state index in [2.05, 4.69) is 10.3 Å². The highest BCUT2D eigenvalue weighted by molar-refractivity contribution is 5.95. The molecular formula is C21H24N2O3. The van der Waals surface area contributed by atoms with Crippen LogP contribution in [0.3, 0.4) is 0 Å². The van der Waals surface area contributed by atoms with Gasteiger partial charge in [0.25, 0.3) is 0 Å². The van der Waals surface area contributed by atoms with Crippen LogP contribution >= 0.6 is 0 Å². The summed E-state index contributed by atoms with van der Waals surface area (Å²) in [4.78, 5) is 17.2. The number of nitrogens with one attached hydrogen (secondary N) is 1. The van der Waals surface area contributed by atoms with Crippen LogP contribution in [0.4, 0.5) is 5.69 Å². The van der Waals surface area contributed by atoms with Gasteiger partial charge in [0.15, 0.2) is 0 Å². The number of esters is 1. The summed E-state index contributed by atoms with van der Waals surface area (Å²) >= 11 is 0. The van der Waals surface area contributed by atoms with Crippen molar-refractivity contribution in [3.05, 3.63) is 65.0 Å². The Bertz CT molecular complexity index is 828. The van der Waals surface area contributed by atoms with E-state index in [9.17, 15) is 4.79 Å². The predicted octanol–water partition coefficient (Wildman–Crippen LogP) is 4.26. The molecule has 1 aromatic carbocycles. The van der Waals surface area contributed by atoms with Gasteiger partial charge in [0.2, 0.25) is 5.88 Å². The molecule has 1 aliphatic heterocycles. The third kappa shape index (κ3) is 3.43. The Kier molecular flexibility index (Phi) is 5.26. The highest BCUT2D eigenvalue weighted by Crippen LogP contribution is 2.45. The largest absolute Gasteiger partial charge is 0.475 e. The molecule has 0 bridgehead atoms. The molecular weight excluding hydrogens is 328 g/mol. The fraction of sp³-hybridized carbons (Fsp3) is 0.333. The van der Waals surface area contributed by atoms with Crippen molar-refractivity contribution in [2.75, 3.05) is 11.9 Å². The average molecular weight is 352 g/mol. The molecule has 0 aliphatic carbocycles. The summed E-state index contributed by atoms with van der Waals surface area (Å²) in [6.45, 7) is 7.95. The molecule has 0 amide bonds. The van der Waals surface area contributed by atoms with E-state index in [0.717, 1.165) is 22.5 Å². The fourth-order valence-electron chi connectivity index (χ4n) is 3.25. The van der Waals surface area contributed by atoms with Crippen LogP contribution in [0, 0.1) is 0 Å². The summed E-state index contributed by atoms with van der Waals surface area (Å²) in [7, 11) is 0. The molecule has 136 valence electrons. The summed E-state index contributed by atoms with van der Waals surface area (Å²) in [5.74, 6) is -0.0848. The Morgan fingerprint density at radius 3 is 2.62 bits per heavy atom. The first kappa shape index (κ1) is 18.0. The summed E-state index contributed by atoms with van der Waals surface area (Å²) in [6.07, 6.45) is 1.69. The summed E-state index contributed by atoms with van der Waals surface area (Å²) < 4.78 is 11.3. The van der Waals surface area contributed by atoms with Gasteiger partial charge in [-0.2, -0.15) is 0 Å². The van der Waals surface area contributed by atoms with Crippen molar-refractivity contribution >= 4 is 11.7 Å². The van der Waals surface area contributed by atoms with Crippen LogP contribution in [0.1, 0.15) is 44.7 Å². The average Bonchev–Trinajstić information content (AvgIpc) is 2.61. The summed E-state index contributed by atoms with van der Waals surface area (Å²) in [5.41, 5.74) is 4.13. The normalized spacial score (nSPS) is 16.1. The van der Waals surface area contributed by atoms with Crippen LogP contribution in [0.25, 0.3) is 0 Å². The minimum atomic E-state index is -0.323. The van der Waals surface area contributed by atoms with E-state index < -0.39 is 0 Å². The number of benzene rings is 1. The molecule has 0 spiro atoms. The first-order valence-corrected chi connectivity index (χ1v) is 8.88. The Balaban J connectivity index is 2.22. The number of hydrogen-bond acceptors (Lipinski definition) is 5. The van der Waals surface area contributed by atoms with Gasteiger partial charge in [-0.05, 0) is 39.3 Å². The Morgan fingerprint density at radius 1 is 1.23 bits per heavy atom. The molecule has 0 saturated carbocycles. The molecule has 1 aliphatic rings. The zero-order valence-electron chi connectivity index (χ0n) is 15.6. The lowest BCUT2D eigenvalue weighted by molar-refractivity contribution is -0.138.